The van der Waals surface area contributed by atoms with Crippen LogP contribution < -0.4 is 11.3 Å². The number of aromatic nitrogens is 1. The Kier molecular flexibility index (Phi) is 3.81. The van der Waals surface area contributed by atoms with Gasteiger partial charge in [-0.1, -0.05) is 0 Å². The fourth-order valence-corrected chi connectivity index (χ4v) is 2.19. The molecule has 18 heavy (non-hydrogen) atoms. The summed E-state index contributed by atoms with van der Waals surface area (Å²) in [7, 11) is 1.67. The first-order chi connectivity index (χ1) is 8.58. The Morgan fingerprint density at radius 1 is 1.39 bits per heavy atom. The molecule has 0 saturated carbocycles. The number of carbonyl (C=O) groups is 1. The fourth-order valence-electron chi connectivity index (χ4n) is 2.19. The van der Waals surface area contributed by atoms with Crippen LogP contribution in [0.1, 0.15) is 29.6 Å². The first-order valence-corrected chi connectivity index (χ1v) is 6.29. The zero-order chi connectivity index (χ0) is 13.1. The highest BCUT2D eigenvalue weighted by atomic mass is 16.2. The van der Waals surface area contributed by atoms with E-state index in [4.69, 9.17) is 5.73 Å². The van der Waals surface area contributed by atoms with E-state index in [1.807, 2.05) is 0 Å². The van der Waals surface area contributed by atoms with E-state index in [1.54, 1.807) is 24.2 Å². The van der Waals surface area contributed by atoms with E-state index < -0.39 is 0 Å². The summed E-state index contributed by atoms with van der Waals surface area (Å²) in [5.74, 6) is -0.0678. The van der Waals surface area contributed by atoms with Crippen molar-refractivity contribution in [1.29, 1.82) is 0 Å². The van der Waals surface area contributed by atoms with Crippen molar-refractivity contribution >= 4 is 5.91 Å². The van der Waals surface area contributed by atoms with Gasteiger partial charge in [-0.05, 0) is 25.3 Å². The molecule has 2 rings (SSSR count). The number of aryl methyl sites for hydroxylation is 1. The van der Waals surface area contributed by atoms with Gasteiger partial charge in [0, 0.05) is 44.0 Å². The fraction of sp³-hybridized carbons (Fsp3) is 0.538. The third-order valence-electron chi connectivity index (χ3n) is 3.41. The second-order valence-corrected chi connectivity index (χ2v) is 4.85. The predicted molar refractivity (Wildman–Crippen MR) is 69.4 cm³/mol. The second-order valence-electron chi connectivity index (χ2n) is 4.85. The topological polar surface area (TPSA) is 68.3 Å². The van der Waals surface area contributed by atoms with Gasteiger partial charge in [0.25, 0.3) is 11.5 Å². The van der Waals surface area contributed by atoms with Gasteiger partial charge in [-0.15, -0.1) is 0 Å². The molecule has 1 aliphatic heterocycles. The lowest BCUT2D eigenvalue weighted by Crippen LogP contribution is -2.33. The molecule has 0 bridgehead atoms. The smallest absolute Gasteiger partial charge is 0.254 e. The summed E-state index contributed by atoms with van der Waals surface area (Å²) in [4.78, 5) is 25.6. The number of nitrogens with two attached hydrogens (primary N) is 1. The van der Waals surface area contributed by atoms with Crippen molar-refractivity contribution in [2.24, 2.45) is 12.8 Å². The monoisotopic (exact) mass is 249 g/mol. The molecule has 1 fully saturated rings. The Balaban J connectivity index is 2.15. The highest BCUT2D eigenvalue weighted by molar-refractivity contribution is 5.94. The van der Waals surface area contributed by atoms with Crippen LogP contribution in [0.2, 0.25) is 0 Å². The van der Waals surface area contributed by atoms with Crippen molar-refractivity contribution in [2.75, 3.05) is 13.1 Å². The van der Waals surface area contributed by atoms with Crippen molar-refractivity contribution in [3.05, 3.63) is 34.2 Å². The predicted octanol–water partition coefficient (Wildman–Crippen LogP) is 0.339. The minimum Gasteiger partial charge on any atom is -0.339 e. The SMILES string of the molecule is Cn1ccc(C(=O)N2CCC[C@@H](N)CC2)cc1=O. The van der Waals surface area contributed by atoms with Gasteiger partial charge in [-0.2, -0.15) is 0 Å². The molecule has 5 nitrogen and oxygen atoms in total. The van der Waals surface area contributed by atoms with Crippen molar-refractivity contribution in [3.63, 3.8) is 0 Å². The van der Waals surface area contributed by atoms with Crippen LogP contribution in [0.25, 0.3) is 0 Å². The third-order valence-corrected chi connectivity index (χ3v) is 3.41. The molecular formula is C13H19N3O2. The Morgan fingerprint density at radius 2 is 2.17 bits per heavy atom. The van der Waals surface area contributed by atoms with Gasteiger partial charge in [-0.3, -0.25) is 9.59 Å². The number of nitrogens with zero attached hydrogens (tertiary/aromatic N) is 2. The largest absolute Gasteiger partial charge is 0.339 e. The molecule has 0 aromatic carbocycles. The number of carbonyl (C=O) groups excluding carboxylic acids is 1. The summed E-state index contributed by atoms with van der Waals surface area (Å²) >= 11 is 0. The van der Waals surface area contributed by atoms with Gasteiger partial charge < -0.3 is 15.2 Å². The molecule has 1 atom stereocenters. The molecule has 0 unspecified atom stereocenters. The zero-order valence-corrected chi connectivity index (χ0v) is 10.6. The number of pyridine rings is 1. The van der Waals surface area contributed by atoms with Gasteiger partial charge in [0.15, 0.2) is 0 Å². The number of hydrogen-bond acceptors (Lipinski definition) is 3. The number of hydrogen-bond donors (Lipinski definition) is 1. The zero-order valence-electron chi connectivity index (χ0n) is 10.6. The van der Waals surface area contributed by atoms with Crippen LogP contribution in [0.5, 0.6) is 0 Å². The van der Waals surface area contributed by atoms with Gasteiger partial charge in [0.1, 0.15) is 0 Å². The van der Waals surface area contributed by atoms with E-state index in [1.165, 1.54) is 10.6 Å². The molecule has 0 radical (unpaired) electrons. The molecule has 2 heterocycles. The molecule has 1 aliphatic rings. The minimum atomic E-state index is -0.160. The van der Waals surface area contributed by atoms with E-state index in [0.717, 1.165) is 25.8 Å². The molecule has 0 aliphatic carbocycles. The van der Waals surface area contributed by atoms with Crippen LogP contribution in [0.3, 0.4) is 0 Å². The maximum atomic E-state index is 12.3. The van der Waals surface area contributed by atoms with Crippen molar-refractivity contribution in [3.8, 4) is 0 Å². The summed E-state index contributed by atoms with van der Waals surface area (Å²) in [6.45, 7) is 1.40. The first-order valence-electron chi connectivity index (χ1n) is 6.29. The average Bonchev–Trinajstić information content (AvgIpc) is 2.57. The first kappa shape index (κ1) is 12.8. The molecule has 1 saturated heterocycles. The van der Waals surface area contributed by atoms with Crippen molar-refractivity contribution in [2.45, 2.75) is 25.3 Å². The highest BCUT2D eigenvalue weighted by Gasteiger charge is 2.20. The molecule has 1 aromatic heterocycles. The summed E-state index contributed by atoms with van der Waals surface area (Å²) < 4.78 is 1.45. The van der Waals surface area contributed by atoms with Crippen LogP contribution >= 0.6 is 0 Å². The molecule has 1 amide bonds. The van der Waals surface area contributed by atoms with E-state index >= 15 is 0 Å². The van der Waals surface area contributed by atoms with Crippen LogP contribution in [0.4, 0.5) is 0 Å². The van der Waals surface area contributed by atoms with Crippen LogP contribution in [-0.4, -0.2) is 34.5 Å². The normalized spacial score (nSPS) is 20.6. The van der Waals surface area contributed by atoms with Crippen LogP contribution in [0, 0.1) is 0 Å². The lowest BCUT2D eigenvalue weighted by molar-refractivity contribution is 0.0761. The summed E-state index contributed by atoms with van der Waals surface area (Å²) in [5.41, 5.74) is 6.19. The van der Waals surface area contributed by atoms with Crippen molar-refractivity contribution < 1.29 is 4.79 Å². The third kappa shape index (κ3) is 2.79. The molecule has 98 valence electrons. The Hall–Kier alpha value is -1.62. The van der Waals surface area contributed by atoms with Crippen molar-refractivity contribution in [1.82, 2.24) is 9.47 Å². The minimum absolute atomic E-state index is 0.0678. The van der Waals surface area contributed by atoms with Gasteiger partial charge in [-0.25, -0.2) is 0 Å². The second kappa shape index (κ2) is 5.35. The van der Waals surface area contributed by atoms with Gasteiger partial charge >= 0.3 is 0 Å². The molecule has 1 aromatic rings. The number of amides is 1. The Bertz CT molecular complexity index is 495. The molecule has 2 N–H and O–H groups in total. The highest BCUT2D eigenvalue weighted by Crippen LogP contribution is 2.12. The van der Waals surface area contributed by atoms with E-state index in [9.17, 15) is 9.59 Å². The molecule has 0 spiro atoms. The standard InChI is InChI=1S/C13H19N3O2/c1-15-7-4-10(9-12(15)17)13(18)16-6-2-3-11(14)5-8-16/h4,7,9,11H,2-3,5-6,8,14H2,1H3/t11-/m1/s1. The maximum Gasteiger partial charge on any atom is 0.254 e. The van der Waals surface area contributed by atoms with Gasteiger partial charge in [0.2, 0.25) is 0 Å². The lowest BCUT2D eigenvalue weighted by Gasteiger charge is -2.20. The van der Waals surface area contributed by atoms with E-state index in [0.29, 0.717) is 12.1 Å². The summed E-state index contributed by atoms with van der Waals surface area (Å²) in [6.07, 6.45) is 4.34. The summed E-state index contributed by atoms with van der Waals surface area (Å²) in [5, 5.41) is 0. The Morgan fingerprint density at radius 3 is 2.89 bits per heavy atom. The van der Waals surface area contributed by atoms with Gasteiger partial charge in [0.05, 0.1) is 0 Å². The van der Waals surface area contributed by atoms with Crippen LogP contribution in [0.15, 0.2) is 23.1 Å². The maximum absolute atomic E-state index is 12.3. The van der Waals surface area contributed by atoms with E-state index in [2.05, 4.69) is 0 Å². The lowest BCUT2D eigenvalue weighted by atomic mass is 10.1. The average molecular weight is 249 g/mol. The summed E-state index contributed by atoms with van der Waals surface area (Å²) in [6, 6.07) is 3.27. The quantitative estimate of drug-likeness (QED) is 0.780. The Labute approximate surface area is 106 Å². The van der Waals surface area contributed by atoms with E-state index in [-0.39, 0.29) is 17.5 Å². The molecule has 5 heteroatoms. The molecular weight excluding hydrogens is 230 g/mol. The van der Waals surface area contributed by atoms with Crippen LogP contribution in [-0.2, 0) is 7.05 Å². The number of likely N-dealkylation sites (tertiary alicyclic amines) is 1. The number of rotatable bonds is 1.